The van der Waals surface area contributed by atoms with Gasteiger partial charge < -0.3 is 4.57 Å². The molecule has 3 heteroatoms. The molecule has 0 spiro atoms. The first-order valence-corrected chi connectivity index (χ1v) is 5.33. The second-order valence-corrected chi connectivity index (χ2v) is 3.72. The van der Waals surface area contributed by atoms with Crippen molar-refractivity contribution in [1.82, 2.24) is 9.55 Å². The van der Waals surface area contributed by atoms with Crippen LogP contribution in [0.3, 0.4) is 0 Å². The summed E-state index contributed by atoms with van der Waals surface area (Å²) in [6.07, 6.45) is 4.21. The Morgan fingerprint density at radius 1 is 1.31 bits per heavy atom. The molecule has 0 aliphatic rings. The molecule has 0 bridgehead atoms. The summed E-state index contributed by atoms with van der Waals surface area (Å²) in [4.78, 5) is 15.7. The molecule has 2 aromatic rings. The molecule has 2 rings (SSSR count). The first kappa shape index (κ1) is 10.6. The molecule has 16 heavy (non-hydrogen) atoms. The minimum Gasteiger partial charge on any atom is -0.334 e. The zero-order valence-corrected chi connectivity index (χ0v) is 9.47. The Bertz CT molecular complexity index is 497. The number of ketones is 1. The normalized spacial score (nSPS) is 10.4. The maximum atomic E-state index is 11.5. The molecule has 0 unspecified atom stereocenters. The van der Waals surface area contributed by atoms with Crippen molar-refractivity contribution in [3.63, 3.8) is 0 Å². The Kier molecular flexibility index (Phi) is 2.86. The summed E-state index contributed by atoms with van der Waals surface area (Å²) < 4.78 is 1.96. The first-order valence-electron chi connectivity index (χ1n) is 5.33. The van der Waals surface area contributed by atoms with Crippen molar-refractivity contribution in [2.24, 2.45) is 7.05 Å². The Balaban J connectivity index is 2.33. The van der Waals surface area contributed by atoms with Gasteiger partial charge in [-0.2, -0.15) is 0 Å². The largest absolute Gasteiger partial charge is 0.334 e. The van der Waals surface area contributed by atoms with Crippen LogP contribution in [0.5, 0.6) is 0 Å². The summed E-state index contributed by atoms with van der Waals surface area (Å²) >= 11 is 0. The Labute approximate surface area is 94.7 Å². The van der Waals surface area contributed by atoms with Crippen LogP contribution in [-0.2, 0) is 7.05 Å². The second-order valence-electron chi connectivity index (χ2n) is 3.72. The van der Waals surface area contributed by atoms with Crippen LogP contribution in [0.4, 0.5) is 0 Å². The third kappa shape index (κ3) is 1.89. The minimum atomic E-state index is 0.173. The van der Waals surface area contributed by atoms with Gasteiger partial charge in [0.2, 0.25) is 0 Å². The van der Waals surface area contributed by atoms with E-state index < -0.39 is 0 Å². The van der Waals surface area contributed by atoms with Crippen LogP contribution < -0.4 is 0 Å². The topological polar surface area (TPSA) is 34.9 Å². The van der Waals surface area contributed by atoms with E-state index in [-0.39, 0.29) is 5.78 Å². The molecular weight excluding hydrogens is 200 g/mol. The quantitative estimate of drug-likeness (QED) is 0.736. The number of benzene rings is 1. The number of carbonyl (C=O) groups excluding carboxylic acids is 1. The fourth-order valence-electron chi connectivity index (χ4n) is 1.65. The molecule has 1 aromatic carbocycles. The van der Waals surface area contributed by atoms with Crippen molar-refractivity contribution in [2.75, 3.05) is 0 Å². The van der Waals surface area contributed by atoms with Gasteiger partial charge in [0.1, 0.15) is 5.82 Å². The highest BCUT2D eigenvalue weighted by Crippen LogP contribution is 2.17. The second kappa shape index (κ2) is 4.31. The molecular formula is C13H14N2O. The molecule has 0 aliphatic heterocycles. The smallest absolute Gasteiger partial charge is 0.162 e. The highest BCUT2D eigenvalue weighted by molar-refractivity contribution is 5.96. The number of rotatable bonds is 3. The molecule has 0 radical (unpaired) electrons. The maximum Gasteiger partial charge on any atom is 0.162 e. The number of hydrogen-bond donors (Lipinski definition) is 0. The molecule has 1 heterocycles. The van der Waals surface area contributed by atoms with E-state index in [0.717, 1.165) is 17.0 Å². The fourth-order valence-corrected chi connectivity index (χ4v) is 1.65. The minimum absolute atomic E-state index is 0.173. The van der Waals surface area contributed by atoms with Crippen LogP contribution >= 0.6 is 0 Å². The Hall–Kier alpha value is -1.90. The average Bonchev–Trinajstić information content (AvgIpc) is 2.75. The lowest BCUT2D eigenvalue weighted by molar-refractivity contribution is 0.0988. The van der Waals surface area contributed by atoms with E-state index in [4.69, 9.17) is 0 Å². The Morgan fingerprint density at radius 3 is 2.50 bits per heavy atom. The van der Waals surface area contributed by atoms with Crippen molar-refractivity contribution in [2.45, 2.75) is 13.3 Å². The molecule has 0 saturated heterocycles. The molecule has 82 valence electrons. The molecule has 0 aliphatic carbocycles. The van der Waals surface area contributed by atoms with Crippen molar-refractivity contribution in [1.29, 1.82) is 0 Å². The third-order valence-corrected chi connectivity index (χ3v) is 2.61. The van der Waals surface area contributed by atoms with Gasteiger partial charge in [-0.1, -0.05) is 31.2 Å². The molecule has 0 N–H and O–H groups in total. The highest BCUT2D eigenvalue weighted by atomic mass is 16.1. The molecule has 0 fully saturated rings. The van der Waals surface area contributed by atoms with Crippen molar-refractivity contribution < 1.29 is 4.79 Å². The number of aryl methyl sites for hydroxylation is 1. The number of carbonyl (C=O) groups is 1. The van der Waals surface area contributed by atoms with Gasteiger partial charge in [0.15, 0.2) is 5.78 Å². The van der Waals surface area contributed by atoms with E-state index in [1.54, 1.807) is 6.20 Å². The first-order chi connectivity index (χ1) is 7.72. The SMILES string of the molecule is CCC(=O)c1ccc(-c2nccn2C)cc1. The van der Waals surface area contributed by atoms with E-state index in [1.807, 2.05) is 49.0 Å². The third-order valence-electron chi connectivity index (χ3n) is 2.61. The average molecular weight is 214 g/mol. The monoisotopic (exact) mass is 214 g/mol. The van der Waals surface area contributed by atoms with Crippen LogP contribution in [0.1, 0.15) is 23.7 Å². The molecule has 3 nitrogen and oxygen atoms in total. The lowest BCUT2D eigenvalue weighted by Gasteiger charge is -2.03. The summed E-state index contributed by atoms with van der Waals surface area (Å²) in [5, 5.41) is 0. The van der Waals surface area contributed by atoms with Crippen molar-refractivity contribution in [3.8, 4) is 11.4 Å². The van der Waals surface area contributed by atoms with E-state index in [2.05, 4.69) is 4.98 Å². The standard InChI is InChI=1S/C13H14N2O/c1-3-12(16)10-4-6-11(7-5-10)13-14-8-9-15(13)2/h4-9H,3H2,1-2H3. The zero-order valence-electron chi connectivity index (χ0n) is 9.47. The predicted octanol–water partition coefficient (Wildman–Crippen LogP) is 2.68. The summed E-state index contributed by atoms with van der Waals surface area (Å²) in [6, 6.07) is 7.59. The summed E-state index contributed by atoms with van der Waals surface area (Å²) in [5.41, 5.74) is 1.79. The van der Waals surface area contributed by atoms with Gasteiger partial charge in [-0.05, 0) is 0 Å². The zero-order chi connectivity index (χ0) is 11.5. The van der Waals surface area contributed by atoms with Crippen LogP contribution in [0.25, 0.3) is 11.4 Å². The van der Waals surface area contributed by atoms with E-state index >= 15 is 0 Å². The van der Waals surface area contributed by atoms with Gasteiger partial charge >= 0.3 is 0 Å². The van der Waals surface area contributed by atoms with Gasteiger partial charge in [-0.15, -0.1) is 0 Å². The van der Waals surface area contributed by atoms with E-state index in [1.165, 1.54) is 0 Å². The summed E-state index contributed by atoms with van der Waals surface area (Å²) in [5.74, 6) is 1.09. The summed E-state index contributed by atoms with van der Waals surface area (Å²) in [7, 11) is 1.95. The lowest BCUT2D eigenvalue weighted by atomic mass is 10.1. The lowest BCUT2D eigenvalue weighted by Crippen LogP contribution is -1.96. The number of Topliss-reactive ketones (excluding diaryl/α,β-unsaturated/α-hetero) is 1. The molecule has 0 saturated carbocycles. The fraction of sp³-hybridized carbons (Fsp3) is 0.231. The number of aromatic nitrogens is 2. The van der Waals surface area contributed by atoms with Crippen LogP contribution in [0, 0.1) is 0 Å². The van der Waals surface area contributed by atoms with Crippen LogP contribution in [0.2, 0.25) is 0 Å². The molecule has 0 amide bonds. The van der Waals surface area contributed by atoms with Gasteiger partial charge in [0, 0.05) is 37.0 Å². The summed E-state index contributed by atoms with van der Waals surface area (Å²) in [6.45, 7) is 1.87. The number of hydrogen-bond acceptors (Lipinski definition) is 2. The van der Waals surface area contributed by atoms with E-state index in [0.29, 0.717) is 6.42 Å². The van der Waals surface area contributed by atoms with Crippen molar-refractivity contribution >= 4 is 5.78 Å². The highest BCUT2D eigenvalue weighted by Gasteiger charge is 2.05. The maximum absolute atomic E-state index is 11.5. The van der Waals surface area contributed by atoms with Crippen molar-refractivity contribution in [3.05, 3.63) is 42.2 Å². The van der Waals surface area contributed by atoms with Crippen LogP contribution in [-0.4, -0.2) is 15.3 Å². The van der Waals surface area contributed by atoms with Gasteiger partial charge in [-0.3, -0.25) is 4.79 Å². The van der Waals surface area contributed by atoms with Crippen LogP contribution in [0.15, 0.2) is 36.7 Å². The number of imidazole rings is 1. The van der Waals surface area contributed by atoms with E-state index in [9.17, 15) is 4.79 Å². The van der Waals surface area contributed by atoms with Gasteiger partial charge in [0.25, 0.3) is 0 Å². The van der Waals surface area contributed by atoms with Gasteiger partial charge in [0.05, 0.1) is 0 Å². The van der Waals surface area contributed by atoms with Gasteiger partial charge in [-0.25, -0.2) is 4.98 Å². The number of nitrogens with zero attached hydrogens (tertiary/aromatic N) is 2. The molecule has 1 aromatic heterocycles. The predicted molar refractivity (Wildman–Crippen MR) is 63.3 cm³/mol. The Morgan fingerprint density at radius 2 is 2.00 bits per heavy atom. The molecule has 0 atom stereocenters.